The van der Waals surface area contributed by atoms with Gasteiger partial charge in [0.25, 0.3) is 0 Å². The summed E-state index contributed by atoms with van der Waals surface area (Å²) in [4.78, 5) is 21.3. The predicted octanol–water partition coefficient (Wildman–Crippen LogP) is 2.50. The molecule has 6 heteroatoms. The summed E-state index contributed by atoms with van der Waals surface area (Å²) in [6, 6.07) is 4.53. The molecule has 2 atom stereocenters. The van der Waals surface area contributed by atoms with Gasteiger partial charge in [0.05, 0.1) is 4.92 Å². The largest absolute Gasteiger partial charge is 0.477 e. The summed E-state index contributed by atoms with van der Waals surface area (Å²) in [7, 11) is 0. The van der Waals surface area contributed by atoms with Crippen LogP contribution in [0.1, 0.15) is 30.1 Å². The van der Waals surface area contributed by atoms with E-state index in [1.54, 1.807) is 6.07 Å². The lowest BCUT2D eigenvalue weighted by Gasteiger charge is -2.08. The Bertz CT molecular complexity index is 501. The first-order valence-corrected chi connectivity index (χ1v) is 5.81. The van der Waals surface area contributed by atoms with Crippen molar-refractivity contribution in [2.45, 2.75) is 25.8 Å². The highest BCUT2D eigenvalue weighted by Crippen LogP contribution is 2.39. The summed E-state index contributed by atoms with van der Waals surface area (Å²) in [6.07, 6.45) is 2.00. The number of para-hydroxylation sites is 1. The lowest BCUT2D eigenvalue weighted by atomic mass is 10.1. The summed E-state index contributed by atoms with van der Waals surface area (Å²) in [6.45, 7) is 2.06. The van der Waals surface area contributed by atoms with Gasteiger partial charge in [-0.25, -0.2) is 4.79 Å². The number of benzene rings is 1. The summed E-state index contributed by atoms with van der Waals surface area (Å²) >= 11 is 0. The van der Waals surface area contributed by atoms with Gasteiger partial charge in [-0.05, 0) is 24.5 Å². The second kappa shape index (κ2) is 4.64. The molecule has 0 bridgehead atoms. The predicted molar refractivity (Wildman–Crippen MR) is 65.9 cm³/mol. The molecule has 0 aliphatic heterocycles. The van der Waals surface area contributed by atoms with E-state index < -0.39 is 10.9 Å². The smallest absolute Gasteiger partial charge is 0.342 e. The van der Waals surface area contributed by atoms with Crippen molar-refractivity contribution < 1.29 is 14.8 Å². The van der Waals surface area contributed by atoms with Gasteiger partial charge in [0.2, 0.25) is 0 Å². The molecule has 0 spiro atoms. The quantitative estimate of drug-likeness (QED) is 0.618. The molecule has 6 nitrogen and oxygen atoms in total. The van der Waals surface area contributed by atoms with Crippen molar-refractivity contribution in [1.82, 2.24) is 0 Å². The molecule has 0 radical (unpaired) electrons. The normalized spacial score (nSPS) is 21.4. The Morgan fingerprint density at radius 3 is 2.83 bits per heavy atom. The Morgan fingerprint density at radius 2 is 2.33 bits per heavy atom. The van der Waals surface area contributed by atoms with Crippen LogP contribution in [0.15, 0.2) is 18.2 Å². The van der Waals surface area contributed by atoms with Gasteiger partial charge < -0.3 is 10.4 Å². The van der Waals surface area contributed by atoms with Crippen molar-refractivity contribution in [3.63, 3.8) is 0 Å². The van der Waals surface area contributed by atoms with Crippen molar-refractivity contribution in [2.75, 3.05) is 5.32 Å². The van der Waals surface area contributed by atoms with E-state index >= 15 is 0 Å². The number of nitrogens with one attached hydrogen (secondary N) is 1. The number of hydrogen-bond donors (Lipinski definition) is 2. The third kappa shape index (κ3) is 2.27. The van der Waals surface area contributed by atoms with Crippen LogP contribution in [0.4, 0.5) is 11.4 Å². The number of anilines is 1. The van der Waals surface area contributed by atoms with Crippen LogP contribution in [0.25, 0.3) is 0 Å². The minimum absolute atomic E-state index is 0.220. The summed E-state index contributed by atoms with van der Waals surface area (Å²) in [5, 5.41) is 23.0. The Balaban J connectivity index is 2.32. The molecule has 1 aliphatic carbocycles. The molecular weight excluding hydrogens is 236 g/mol. The maximum Gasteiger partial charge on any atom is 0.342 e. The third-order valence-corrected chi connectivity index (χ3v) is 3.24. The SMILES string of the molecule is CCC1CC1Nc1cccc(C(=O)O)c1[N+](=O)[O-]. The van der Waals surface area contributed by atoms with Crippen LogP contribution >= 0.6 is 0 Å². The average molecular weight is 250 g/mol. The maximum atomic E-state index is 11.0. The minimum Gasteiger partial charge on any atom is -0.477 e. The first kappa shape index (κ1) is 12.3. The fourth-order valence-electron chi connectivity index (χ4n) is 2.10. The third-order valence-electron chi connectivity index (χ3n) is 3.24. The molecule has 0 aromatic heterocycles. The van der Waals surface area contributed by atoms with Crippen molar-refractivity contribution in [3.05, 3.63) is 33.9 Å². The molecule has 0 amide bonds. The second-order valence-corrected chi connectivity index (χ2v) is 4.42. The van der Waals surface area contributed by atoms with Crippen molar-refractivity contribution >= 4 is 17.3 Å². The minimum atomic E-state index is -1.28. The van der Waals surface area contributed by atoms with Crippen molar-refractivity contribution in [1.29, 1.82) is 0 Å². The first-order chi connectivity index (χ1) is 8.54. The molecule has 2 rings (SSSR count). The van der Waals surface area contributed by atoms with E-state index in [1.807, 2.05) is 0 Å². The van der Waals surface area contributed by atoms with E-state index in [9.17, 15) is 14.9 Å². The number of nitro groups is 1. The Kier molecular flexibility index (Phi) is 3.18. The van der Waals surface area contributed by atoms with Gasteiger partial charge in [-0.15, -0.1) is 0 Å². The molecule has 96 valence electrons. The van der Waals surface area contributed by atoms with E-state index in [-0.39, 0.29) is 17.3 Å². The van der Waals surface area contributed by atoms with Gasteiger partial charge in [0.15, 0.2) is 0 Å². The van der Waals surface area contributed by atoms with Gasteiger partial charge in [0.1, 0.15) is 11.3 Å². The zero-order valence-corrected chi connectivity index (χ0v) is 9.92. The lowest BCUT2D eigenvalue weighted by molar-refractivity contribution is -0.384. The summed E-state index contributed by atoms with van der Waals surface area (Å²) in [5.41, 5.74) is -0.341. The number of hydrogen-bond acceptors (Lipinski definition) is 4. The number of nitrogens with zero attached hydrogens (tertiary/aromatic N) is 1. The molecule has 2 unspecified atom stereocenters. The number of carboxylic acids is 1. The fourth-order valence-corrected chi connectivity index (χ4v) is 2.10. The molecular formula is C12H14N2O4. The van der Waals surface area contributed by atoms with Crippen LogP contribution in [0.3, 0.4) is 0 Å². The number of carboxylic acid groups (broad SMARTS) is 1. The lowest BCUT2D eigenvalue weighted by Crippen LogP contribution is -2.10. The van der Waals surface area contributed by atoms with Gasteiger partial charge in [0, 0.05) is 6.04 Å². The zero-order chi connectivity index (χ0) is 13.3. The van der Waals surface area contributed by atoms with Crippen LogP contribution < -0.4 is 5.32 Å². The molecule has 0 heterocycles. The Hall–Kier alpha value is -2.11. The van der Waals surface area contributed by atoms with E-state index in [1.165, 1.54) is 12.1 Å². The highest BCUT2D eigenvalue weighted by atomic mass is 16.6. The standard InChI is InChI=1S/C12H14N2O4/c1-2-7-6-10(7)13-9-5-3-4-8(12(15)16)11(9)14(17)18/h3-5,7,10,13H,2,6H2,1H3,(H,15,16). The van der Waals surface area contributed by atoms with E-state index in [0.717, 1.165) is 12.8 Å². The second-order valence-electron chi connectivity index (χ2n) is 4.42. The Morgan fingerprint density at radius 1 is 1.61 bits per heavy atom. The molecule has 1 aliphatic rings. The number of nitro benzene ring substituents is 1. The highest BCUT2D eigenvalue weighted by molar-refractivity contribution is 5.95. The van der Waals surface area contributed by atoms with Crippen LogP contribution in [-0.4, -0.2) is 22.0 Å². The molecule has 1 saturated carbocycles. The van der Waals surface area contributed by atoms with E-state index in [0.29, 0.717) is 11.6 Å². The van der Waals surface area contributed by atoms with Crippen LogP contribution in [0, 0.1) is 16.0 Å². The number of aromatic carboxylic acids is 1. The van der Waals surface area contributed by atoms with Gasteiger partial charge in [-0.2, -0.15) is 0 Å². The molecule has 2 N–H and O–H groups in total. The van der Waals surface area contributed by atoms with E-state index in [2.05, 4.69) is 12.2 Å². The average Bonchev–Trinajstić information content (AvgIpc) is 3.06. The van der Waals surface area contributed by atoms with Crippen LogP contribution in [0.5, 0.6) is 0 Å². The molecule has 1 fully saturated rings. The van der Waals surface area contributed by atoms with E-state index in [4.69, 9.17) is 5.11 Å². The number of rotatable bonds is 5. The topological polar surface area (TPSA) is 92.5 Å². The van der Waals surface area contributed by atoms with Crippen molar-refractivity contribution in [3.8, 4) is 0 Å². The van der Waals surface area contributed by atoms with Gasteiger partial charge in [-0.1, -0.05) is 19.4 Å². The van der Waals surface area contributed by atoms with Crippen LogP contribution in [-0.2, 0) is 0 Å². The molecule has 1 aromatic rings. The monoisotopic (exact) mass is 250 g/mol. The van der Waals surface area contributed by atoms with Crippen molar-refractivity contribution in [2.24, 2.45) is 5.92 Å². The summed E-state index contributed by atoms with van der Waals surface area (Å²) < 4.78 is 0. The molecule has 1 aromatic carbocycles. The molecule has 0 saturated heterocycles. The zero-order valence-electron chi connectivity index (χ0n) is 9.92. The van der Waals surface area contributed by atoms with Crippen LogP contribution in [0.2, 0.25) is 0 Å². The number of carbonyl (C=O) groups is 1. The fraction of sp³-hybridized carbons (Fsp3) is 0.417. The highest BCUT2D eigenvalue weighted by Gasteiger charge is 2.37. The summed E-state index contributed by atoms with van der Waals surface area (Å²) in [5.74, 6) is -0.758. The first-order valence-electron chi connectivity index (χ1n) is 5.81. The molecule has 18 heavy (non-hydrogen) atoms. The Labute approximate surface area is 104 Å². The van der Waals surface area contributed by atoms with Gasteiger partial charge >= 0.3 is 11.7 Å². The maximum absolute atomic E-state index is 11.0. The van der Waals surface area contributed by atoms with Gasteiger partial charge in [-0.3, -0.25) is 10.1 Å².